The van der Waals surface area contributed by atoms with Gasteiger partial charge < -0.3 is 15.7 Å². The number of carboxylic acids is 1. The summed E-state index contributed by atoms with van der Waals surface area (Å²) in [5.41, 5.74) is 2.60. The molecular weight excluding hydrogens is 536 g/mol. The predicted octanol–water partition coefficient (Wildman–Crippen LogP) is 4.83. The minimum absolute atomic E-state index is 0.0426. The molecule has 0 spiro atoms. The number of halogens is 3. The maximum atomic E-state index is 14.1. The summed E-state index contributed by atoms with van der Waals surface area (Å²) < 4.78 is 14.1. The third kappa shape index (κ3) is 5.96. The van der Waals surface area contributed by atoms with Gasteiger partial charge in [0.25, 0.3) is 11.8 Å². The molecule has 0 bridgehead atoms. The van der Waals surface area contributed by atoms with E-state index in [1.165, 1.54) is 31.2 Å². The van der Waals surface area contributed by atoms with E-state index in [0.717, 1.165) is 0 Å². The summed E-state index contributed by atoms with van der Waals surface area (Å²) in [6.07, 6.45) is 1.35. The van der Waals surface area contributed by atoms with Crippen molar-refractivity contribution in [2.75, 3.05) is 5.32 Å². The van der Waals surface area contributed by atoms with Crippen molar-refractivity contribution in [1.29, 1.82) is 0 Å². The van der Waals surface area contributed by atoms with E-state index in [-0.39, 0.29) is 33.3 Å². The summed E-state index contributed by atoms with van der Waals surface area (Å²) in [5.74, 6) is -2.97. The van der Waals surface area contributed by atoms with Crippen LogP contribution in [0.25, 0.3) is 5.70 Å². The number of benzene rings is 3. The molecule has 1 unspecified atom stereocenters. The van der Waals surface area contributed by atoms with E-state index >= 15 is 0 Å². The number of carboxylic acid groups (broad SMARTS) is 1. The zero-order chi connectivity index (χ0) is 27.4. The smallest absolute Gasteiger partial charge is 0.326 e. The number of rotatable bonds is 8. The summed E-state index contributed by atoms with van der Waals surface area (Å²) in [6.45, 7) is 1.44. The normalized spacial score (nSPS) is 17.2. The Bertz CT molecular complexity index is 1410. The molecule has 38 heavy (non-hydrogen) atoms. The number of carbonyl (C=O) groups excluding carboxylic acids is 2. The van der Waals surface area contributed by atoms with Gasteiger partial charge in [0.1, 0.15) is 11.9 Å². The van der Waals surface area contributed by atoms with Crippen LogP contribution in [0.3, 0.4) is 0 Å². The van der Waals surface area contributed by atoms with Crippen LogP contribution in [-0.4, -0.2) is 34.5 Å². The molecule has 1 heterocycles. The van der Waals surface area contributed by atoms with Crippen LogP contribution in [0.1, 0.15) is 28.4 Å². The van der Waals surface area contributed by atoms with Crippen molar-refractivity contribution in [2.45, 2.75) is 25.0 Å². The molecule has 4 rings (SSSR count). The van der Waals surface area contributed by atoms with Crippen LogP contribution in [0.4, 0.5) is 10.1 Å². The topological polar surface area (TPSA) is 117 Å². The summed E-state index contributed by atoms with van der Waals surface area (Å²) in [7, 11) is 0. The van der Waals surface area contributed by atoms with Crippen molar-refractivity contribution in [3.63, 3.8) is 0 Å². The molecule has 0 aromatic heterocycles. The Balaban J connectivity index is 1.42. The van der Waals surface area contributed by atoms with E-state index < -0.39 is 35.2 Å². The van der Waals surface area contributed by atoms with E-state index in [9.17, 15) is 23.9 Å². The number of anilines is 1. The molecule has 8 nitrogen and oxygen atoms in total. The second-order valence-electron chi connectivity index (χ2n) is 8.67. The van der Waals surface area contributed by atoms with Gasteiger partial charge in [0.05, 0.1) is 21.3 Å². The molecule has 3 aromatic rings. The Morgan fingerprint density at radius 3 is 2.32 bits per heavy atom. The lowest BCUT2D eigenvalue weighted by Crippen LogP contribution is -2.51. The van der Waals surface area contributed by atoms with Gasteiger partial charge in [0.15, 0.2) is 5.60 Å². The van der Waals surface area contributed by atoms with Crippen LogP contribution < -0.4 is 16.1 Å². The van der Waals surface area contributed by atoms with Crippen LogP contribution in [0.5, 0.6) is 0 Å². The number of aliphatic carboxylic acids is 1. The highest BCUT2D eigenvalue weighted by Gasteiger charge is 2.40. The van der Waals surface area contributed by atoms with Crippen molar-refractivity contribution >= 4 is 52.4 Å². The highest BCUT2D eigenvalue weighted by Crippen LogP contribution is 2.28. The van der Waals surface area contributed by atoms with E-state index in [2.05, 4.69) is 16.1 Å². The first-order valence-electron chi connectivity index (χ1n) is 11.4. The molecule has 196 valence electrons. The predicted molar refractivity (Wildman–Crippen MR) is 141 cm³/mol. The molecule has 0 aliphatic carbocycles. The monoisotopic (exact) mass is 557 g/mol. The zero-order valence-electron chi connectivity index (χ0n) is 19.9. The Kier molecular flexibility index (Phi) is 8.01. The molecule has 2 amide bonds. The number of amides is 2. The molecular formula is C27H22Cl2FN3O5. The molecule has 1 aliphatic rings. The highest BCUT2D eigenvalue weighted by molar-refractivity contribution is 6.40. The molecule has 0 saturated carbocycles. The molecule has 1 aliphatic heterocycles. The van der Waals surface area contributed by atoms with E-state index in [0.29, 0.717) is 11.3 Å². The second kappa shape index (κ2) is 11.2. The van der Waals surface area contributed by atoms with Crippen LogP contribution >= 0.6 is 23.2 Å². The van der Waals surface area contributed by atoms with Gasteiger partial charge in [-0.3, -0.25) is 19.9 Å². The van der Waals surface area contributed by atoms with Crippen LogP contribution in [-0.2, 0) is 20.8 Å². The van der Waals surface area contributed by atoms with Gasteiger partial charge in [-0.2, -0.15) is 0 Å². The fourth-order valence-corrected chi connectivity index (χ4v) is 4.36. The fourth-order valence-electron chi connectivity index (χ4n) is 3.79. The van der Waals surface area contributed by atoms with Crippen molar-refractivity contribution in [1.82, 2.24) is 10.8 Å². The average molecular weight is 558 g/mol. The van der Waals surface area contributed by atoms with Crippen molar-refractivity contribution in [3.8, 4) is 0 Å². The largest absolute Gasteiger partial charge is 0.480 e. The van der Waals surface area contributed by atoms with Crippen LogP contribution in [0, 0.1) is 5.82 Å². The number of hydroxylamine groups is 1. The van der Waals surface area contributed by atoms with Gasteiger partial charge in [-0.1, -0.05) is 53.5 Å². The Hall–Kier alpha value is -3.92. The average Bonchev–Trinajstić information content (AvgIpc) is 3.28. The van der Waals surface area contributed by atoms with Gasteiger partial charge >= 0.3 is 5.97 Å². The van der Waals surface area contributed by atoms with Gasteiger partial charge in [0.2, 0.25) is 0 Å². The summed E-state index contributed by atoms with van der Waals surface area (Å²) in [6, 6.07) is 15.8. The first-order valence-corrected chi connectivity index (χ1v) is 12.1. The summed E-state index contributed by atoms with van der Waals surface area (Å²) in [4.78, 5) is 42.8. The minimum atomic E-state index is -1.57. The highest BCUT2D eigenvalue weighted by atomic mass is 35.5. The lowest BCUT2D eigenvalue weighted by Gasteiger charge is -2.22. The number of nitrogens with one attached hydrogen (secondary N) is 3. The number of hydrogen-bond acceptors (Lipinski definition) is 5. The first kappa shape index (κ1) is 27.1. The molecule has 4 N–H and O–H groups in total. The molecule has 2 atom stereocenters. The quantitative estimate of drug-likeness (QED) is 0.315. The SMILES string of the molecule is C[C@@]1(C(=O)NC(Cc2ccc(NC(=O)c3c(Cl)cccc3Cl)cc2)C(=O)O)C=C(c2ccccc2F)NO1. The molecule has 0 radical (unpaired) electrons. The standard InChI is InChI=1S/C27H22Cl2FN3O5/c1-27(14-22(33-38-27)17-5-2-3-8-20(17)30)26(37)32-21(25(35)36)13-15-9-11-16(12-10-15)31-24(34)23-18(28)6-4-7-19(23)29/h2-12,14,21,33H,13H2,1H3,(H,31,34)(H,32,37)(H,35,36)/t21?,27-/m0/s1. The lowest BCUT2D eigenvalue weighted by molar-refractivity contribution is -0.148. The van der Waals surface area contributed by atoms with Crippen molar-refractivity contribution < 1.29 is 28.7 Å². The summed E-state index contributed by atoms with van der Waals surface area (Å²) in [5, 5.41) is 15.3. The number of carbonyl (C=O) groups is 3. The zero-order valence-corrected chi connectivity index (χ0v) is 21.4. The maximum Gasteiger partial charge on any atom is 0.326 e. The van der Waals surface area contributed by atoms with E-state index in [4.69, 9.17) is 28.0 Å². The second-order valence-corrected chi connectivity index (χ2v) is 9.48. The number of hydrogen-bond donors (Lipinski definition) is 4. The third-order valence-corrected chi connectivity index (χ3v) is 6.48. The Morgan fingerprint density at radius 1 is 1.03 bits per heavy atom. The van der Waals surface area contributed by atoms with Gasteiger partial charge in [-0.05, 0) is 55.0 Å². The van der Waals surface area contributed by atoms with Crippen molar-refractivity contribution in [3.05, 3.63) is 105 Å². The summed E-state index contributed by atoms with van der Waals surface area (Å²) >= 11 is 12.2. The maximum absolute atomic E-state index is 14.1. The molecule has 0 fully saturated rings. The first-order chi connectivity index (χ1) is 18.1. The van der Waals surface area contributed by atoms with Crippen LogP contribution in [0.15, 0.2) is 72.8 Å². The van der Waals surface area contributed by atoms with Gasteiger partial charge in [-0.15, -0.1) is 0 Å². The molecule has 3 aromatic carbocycles. The molecule has 0 saturated heterocycles. The van der Waals surface area contributed by atoms with Gasteiger partial charge in [0, 0.05) is 17.7 Å². The fraction of sp³-hybridized carbons (Fsp3) is 0.148. The van der Waals surface area contributed by atoms with Gasteiger partial charge in [-0.25, -0.2) is 9.18 Å². The third-order valence-electron chi connectivity index (χ3n) is 5.85. The Labute approximate surface area is 227 Å². The van der Waals surface area contributed by atoms with Crippen molar-refractivity contribution in [2.24, 2.45) is 0 Å². The minimum Gasteiger partial charge on any atom is -0.480 e. The Morgan fingerprint density at radius 2 is 1.68 bits per heavy atom. The lowest BCUT2D eigenvalue weighted by atomic mass is 10.0. The molecule has 11 heteroatoms. The van der Waals surface area contributed by atoms with E-state index in [1.807, 2.05) is 0 Å². The van der Waals surface area contributed by atoms with Crippen LogP contribution in [0.2, 0.25) is 10.0 Å². The van der Waals surface area contributed by atoms with E-state index in [1.54, 1.807) is 48.5 Å².